The van der Waals surface area contributed by atoms with Gasteiger partial charge in [0.05, 0.1) is 0 Å². The average Bonchev–Trinajstić information content (AvgIpc) is 2.03. The molecule has 1 nitrogen and oxygen atoms in total. The summed E-state index contributed by atoms with van der Waals surface area (Å²) in [5.41, 5.74) is 1.40. The molecule has 11 heavy (non-hydrogen) atoms. The molecule has 0 heterocycles. The fraction of sp³-hybridized carbons (Fsp3) is 0.900. The molecule has 0 bridgehead atoms. The zero-order valence-electron chi connectivity index (χ0n) is 8.19. The van der Waals surface area contributed by atoms with Crippen molar-refractivity contribution in [3.8, 4) is 0 Å². The van der Waals surface area contributed by atoms with Crippen molar-refractivity contribution in [1.82, 2.24) is 0 Å². The van der Waals surface area contributed by atoms with Crippen LogP contribution < -0.4 is 0 Å². The molecule has 0 unspecified atom stereocenters. The van der Waals surface area contributed by atoms with Crippen molar-refractivity contribution >= 4 is 5.71 Å². The zero-order valence-corrected chi connectivity index (χ0v) is 8.19. The Labute approximate surface area is 70.9 Å². The van der Waals surface area contributed by atoms with Crippen LogP contribution in [0.4, 0.5) is 0 Å². The minimum absolute atomic E-state index is 1.19. The molecule has 0 amide bonds. The van der Waals surface area contributed by atoms with Gasteiger partial charge in [0.1, 0.15) is 0 Å². The van der Waals surface area contributed by atoms with Crippen LogP contribution in [0.15, 0.2) is 4.99 Å². The van der Waals surface area contributed by atoms with Crippen LogP contribution in [0.2, 0.25) is 0 Å². The van der Waals surface area contributed by atoms with E-state index in [1.54, 1.807) is 0 Å². The molecule has 0 N–H and O–H groups in total. The van der Waals surface area contributed by atoms with Gasteiger partial charge in [0.25, 0.3) is 0 Å². The lowest BCUT2D eigenvalue weighted by molar-refractivity contribution is 0.733. The van der Waals surface area contributed by atoms with Crippen molar-refractivity contribution in [1.29, 1.82) is 0 Å². The van der Waals surface area contributed by atoms with Gasteiger partial charge in [-0.3, -0.25) is 4.99 Å². The maximum atomic E-state index is 4.27. The van der Waals surface area contributed by atoms with E-state index < -0.39 is 0 Å². The first-order valence-electron chi connectivity index (χ1n) is 4.79. The first-order valence-corrected chi connectivity index (χ1v) is 4.79. The van der Waals surface area contributed by atoms with Crippen molar-refractivity contribution < 1.29 is 0 Å². The second kappa shape index (κ2) is 7.77. The molecule has 0 radical (unpaired) electrons. The van der Waals surface area contributed by atoms with E-state index in [2.05, 4.69) is 18.8 Å². The molecule has 1 heteroatoms. The molecule has 0 saturated carbocycles. The van der Waals surface area contributed by atoms with Gasteiger partial charge < -0.3 is 0 Å². The fourth-order valence-corrected chi connectivity index (χ4v) is 1.22. The molecule has 0 aromatic rings. The van der Waals surface area contributed by atoms with Crippen molar-refractivity contribution in [3.05, 3.63) is 0 Å². The number of aliphatic imine (C=N–C) groups is 1. The van der Waals surface area contributed by atoms with Crippen LogP contribution in [0, 0.1) is 0 Å². The Bertz CT molecular complexity index is 105. The minimum atomic E-state index is 1.19. The molecule has 0 aliphatic heterocycles. The van der Waals surface area contributed by atoms with Gasteiger partial charge in [0, 0.05) is 12.8 Å². The first-order chi connectivity index (χ1) is 5.35. The average molecular weight is 155 g/mol. The van der Waals surface area contributed by atoms with Gasteiger partial charge >= 0.3 is 0 Å². The molecular weight excluding hydrogens is 134 g/mol. The third-order valence-corrected chi connectivity index (χ3v) is 1.92. The van der Waals surface area contributed by atoms with Crippen LogP contribution in [0.25, 0.3) is 0 Å². The van der Waals surface area contributed by atoms with E-state index in [0.29, 0.717) is 0 Å². The van der Waals surface area contributed by atoms with Crippen LogP contribution >= 0.6 is 0 Å². The highest BCUT2D eigenvalue weighted by Crippen LogP contribution is 2.04. The van der Waals surface area contributed by atoms with Gasteiger partial charge in [-0.25, -0.2) is 0 Å². The smallest absolute Gasteiger partial charge is 0.0276 e. The van der Waals surface area contributed by atoms with E-state index in [4.69, 9.17) is 0 Å². The summed E-state index contributed by atoms with van der Waals surface area (Å²) in [6.07, 6.45) is 7.63. The van der Waals surface area contributed by atoms with Gasteiger partial charge in [-0.05, 0) is 19.3 Å². The second-order valence-electron chi connectivity index (χ2n) is 3.00. The van der Waals surface area contributed by atoms with Crippen LogP contribution in [0.5, 0.6) is 0 Å². The van der Waals surface area contributed by atoms with Gasteiger partial charge in [-0.1, -0.05) is 33.1 Å². The Morgan fingerprint density at radius 2 is 1.73 bits per heavy atom. The van der Waals surface area contributed by atoms with E-state index in [1.165, 1.54) is 44.2 Å². The van der Waals surface area contributed by atoms with Crippen molar-refractivity contribution in [2.75, 3.05) is 7.05 Å². The molecule has 0 aromatic carbocycles. The summed E-state index contributed by atoms with van der Waals surface area (Å²) in [4.78, 5) is 4.27. The van der Waals surface area contributed by atoms with E-state index in [0.717, 1.165) is 0 Å². The minimum Gasteiger partial charge on any atom is -0.297 e. The Morgan fingerprint density at radius 1 is 1.00 bits per heavy atom. The molecule has 0 aliphatic rings. The summed E-state index contributed by atoms with van der Waals surface area (Å²) < 4.78 is 0. The summed E-state index contributed by atoms with van der Waals surface area (Å²) in [6, 6.07) is 0. The predicted octanol–water partition coefficient (Wildman–Crippen LogP) is 3.44. The highest BCUT2D eigenvalue weighted by molar-refractivity contribution is 5.84. The normalized spacial score (nSPS) is 12.1. The Kier molecular flexibility index (Phi) is 7.54. The summed E-state index contributed by atoms with van der Waals surface area (Å²) in [6.45, 7) is 4.45. The number of nitrogens with zero attached hydrogens (tertiary/aromatic N) is 1. The summed E-state index contributed by atoms with van der Waals surface area (Å²) in [5.74, 6) is 0. The molecular formula is C10H21N. The molecule has 0 rings (SSSR count). The number of unbranched alkanes of at least 4 members (excludes halogenated alkanes) is 2. The lowest BCUT2D eigenvalue weighted by Gasteiger charge is -2.02. The topological polar surface area (TPSA) is 12.4 Å². The number of hydrogen-bond donors (Lipinski definition) is 0. The summed E-state index contributed by atoms with van der Waals surface area (Å²) >= 11 is 0. The van der Waals surface area contributed by atoms with E-state index in [1.807, 2.05) is 7.05 Å². The Morgan fingerprint density at radius 3 is 2.18 bits per heavy atom. The third kappa shape index (κ3) is 6.08. The SMILES string of the molecule is CCCCCC(CCC)=NC. The monoisotopic (exact) mass is 155 g/mol. The largest absolute Gasteiger partial charge is 0.297 e. The van der Waals surface area contributed by atoms with E-state index in [9.17, 15) is 0 Å². The number of rotatable bonds is 6. The maximum absolute atomic E-state index is 4.27. The van der Waals surface area contributed by atoms with Crippen molar-refractivity contribution in [3.63, 3.8) is 0 Å². The quantitative estimate of drug-likeness (QED) is 0.411. The van der Waals surface area contributed by atoms with Crippen LogP contribution in [-0.2, 0) is 0 Å². The predicted molar refractivity (Wildman–Crippen MR) is 52.4 cm³/mol. The molecule has 0 spiro atoms. The van der Waals surface area contributed by atoms with Gasteiger partial charge in [0.15, 0.2) is 0 Å². The maximum Gasteiger partial charge on any atom is 0.0276 e. The molecule has 0 saturated heterocycles. The van der Waals surface area contributed by atoms with Crippen LogP contribution in [-0.4, -0.2) is 12.8 Å². The Hall–Kier alpha value is -0.330. The van der Waals surface area contributed by atoms with E-state index in [-0.39, 0.29) is 0 Å². The molecule has 66 valence electrons. The van der Waals surface area contributed by atoms with E-state index >= 15 is 0 Å². The Balaban J connectivity index is 3.37. The fourth-order valence-electron chi connectivity index (χ4n) is 1.22. The summed E-state index contributed by atoms with van der Waals surface area (Å²) in [7, 11) is 1.91. The van der Waals surface area contributed by atoms with Gasteiger partial charge in [0.2, 0.25) is 0 Å². The lowest BCUT2D eigenvalue weighted by atomic mass is 10.1. The lowest BCUT2D eigenvalue weighted by Crippen LogP contribution is -1.97. The standard InChI is InChI=1S/C10H21N/c1-4-6-7-9-10(11-3)8-5-2/h4-9H2,1-3H3. The third-order valence-electron chi connectivity index (χ3n) is 1.92. The highest BCUT2D eigenvalue weighted by Gasteiger charge is 1.95. The zero-order chi connectivity index (χ0) is 8.53. The van der Waals surface area contributed by atoms with Crippen molar-refractivity contribution in [2.24, 2.45) is 4.99 Å². The van der Waals surface area contributed by atoms with Crippen LogP contribution in [0.1, 0.15) is 52.4 Å². The van der Waals surface area contributed by atoms with Crippen molar-refractivity contribution in [2.45, 2.75) is 52.4 Å². The first kappa shape index (κ1) is 10.7. The molecule has 0 fully saturated rings. The van der Waals surface area contributed by atoms with Crippen LogP contribution in [0.3, 0.4) is 0 Å². The highest BCUT2D eigenvalue weighted by atomic mass is 14.7. The second-order valence-corrected chi connectivity index (χ2v) is 3.00. The molecule has 0 atom stereocenters. The number of hydrogen-bond acceptors (Lipinski definition) is 1. The van der Waals surface area contributed by atoms with Gasteiger partial charge in [-0.2, -0.15) is 0 Å². The van der Waals surface area contributed by atoms with Gasteiger partial charge in [-0.15, -0.1) is 0 Å². The summed E-state index contributed by atoms with van der Waals surface area (Å²) in [5, 5.41) is 0. The molecule has 0 aromatic heterocycles. The molecule has 0 aliphatic carbocycles.